The average molecular weight is 683 g/mol. The third-order valence-corrected chi connectivity index (χ3v) is 6.94. The van der Waals surface area contributed by atoms with Crippen molar-refractivity contribution in [3.05, 3.63) is 0 Å². The summed E-state index contributed by atoms with van der Waals surface area (Å²) in [6, 6.07) is 0. The van der Waals surface area contributed by atoms with Gasteiger partial charge in [-0.3, -0.25) is 28.8 Å². The zero-order valence-corrected chi connectivity index (χ0v) is 30.4. The fourth-order valence-electron chi connectivity index (χ4n) is 3.04. The molecular weight excluding hydrogens is 624 g/mol. The summed E-state index contributed by atoms with van der Waals surface area (Å²) in [7, 11) is 5.40. The molecule has 0 saturated heterocycles. The monoisotopic (exact) mass is 682 g/mol. The summed E-state index contributed by atoms with van der Waals surface area (Å²) in [5.41, 5.74) is 0. The Bertz CT molecular complexity index is 861. The number of rotatable bonds is 19. The van der Waals surface area contributed by atoms with E-state index in [1.54, 1.807) is 55.4 Å². The number of ether oxygens (including phenoxy) is 9. The molecule has 0 rings (SSSR count). The molecule has 0 N–H and O–H groups in total. The van der Waals surface area contributed by atoms with Crippen molar-refractivity contribution in [3.8, 4) is 0 Å². The van der Waals surface area contributed by atoms with Crippen LogP contribution in [0, 0.1) is 35.5 Å². The van der Waals surface area contributed by atoms with Gasteiger partial charge in [-0.1, -0.05) is 48.5 Å². The van der Waals surface area contributed by atoms with Crippen molar-refractivity contribution in [1.29, 1.82) is 0 Å². The Hall–Kier alpha value is -3.30. The number of esters is 6. The van der Waals surface area contributed by atoms with E-state index in [4.69, 9.17) is 28.4 Å². The van der Waals surface area contributed by atoms with Gasteiger partial charge in [0, 0.05) is 13.7 Å². The molecule has 15 heteroatoms. The maximum atomic E-state index is 11.7. The smallest absolute Gasteiger partial charge is 0.311 e. The maximum Gasteiger partial charge on any atom is 0.311 e. The van der Waals surface area contributed by atoms with Crippen LogP contribution in [0.25, 0.3) is 0 Å². The van der Waals surface area contributed by atoms with Crippen LogP contribution in [0.5, 0.6) is 0 Å². The maximum absolute atomic E-state index is 11.7. The van der Waals surface area contributed by atoms with Crippen LogP contribution >= 0.6 is 0 Å². The van der Waals surface area contributed by atoms with E-state index in [9.17, 15) is 28.8 Å². The molecule has 0 heterocycles. The zero-order valence-electron chi connectivity index (χ0n) is 30.4. The Balaban J connectivity index is -0.000000620. The van der Waals surface area contributed by atoms with Crippen molar-refractivity contribution in [2.24, 2.45) is 35.5 Å². The lowest BCUT2D eigenvalue weighted by molar-refractivity contribution is -0.182. The molecule has 0 aromatic carbocycles. The normalized spacial score (nSPS) is 14.7. The van der Waals surface area contributed by atoms with E-state index in [1.165, 1.54) is 28.4 Å². The minimum absolute atomic E-state index is 0.0758. The van der Waals surface area contributed by atoms with Crippen LogP contribution in [0.4, 0.5) is 0 Å². The second-order valence-corrected chi connectivity index (χ2v) is 10.4. The largest absolute Gasteiger partial charge is 0.469 e. The minimum atomic E-state index is -0.588. The summed E-state index contributed by atoms with van der Waals surface area (Å²) in [6.07, 6.45) is 0.269. The van der Waals surface area contributed by atoms with Crippen LogP contribution < -0.4 is 0 Å². The first-order valence-electron chi connectivity index (χ1n) is 15.5. The molecule has 7 atom stereocenters. The molecule has 0 aliphatic carbocycles. The first-order valence-corrected chi connectivity index (χ1v) is 15.5. The molecule has 0 fully saturated rings. The highest BCUT2D eigenvalue weighted by Gasteiger charge is 2.30. The number of methoxy groups -OCH3 is 4. The van der Waals surface area contributed by atoms with Crippen LogP contribution in [-0.2, 0) is 71.4 Å². The summed E-state index contributed by atoms with van der Waals surface area (Å²) in [5.74, 6) is -5.68. The second-order valence-electron chi connectivity index (χ2n) is 10.4. The fourth-order valence-corrected chi connectivity index (χ4v) is 3.04. The molecule has 276 valence electrons. The molecule has 0 aliphatic heterocycles. The zero-order chi connectivity index (χ0) is 37.1. The van der Waals surface area contributed by atoms with Gasteiger partial charge in [0.1, 0.15) is 6.61 Å². The lowest BCUT2D eigenvalue weighted by atomic mass is 9.96. The molecule has 0 radical (unpaired) electrons. The standard InChI is InChI=1S/C12H22O5.2C10H18O5/c1-6-7-16-10(4)17-12(14)9(3)8(2)11(13)15-5;1-7(9(11)14-4)8(2)10(12)15-6-5-13-3;1-5-14-6-15-10(12)8(3)7(2)9(11)13-4/h8-10H,6-7H2,1-5H3;2*7-8H,5-6H2,1-4H3. The molecule has 15 nitrogen and oxygen atoms in total. The molecule has 0 spiro atoms. The van der Waals surface area contributed by atoms with E-state index in [2.05, 4.69) is 14.2 Å². The highest BCUT2D eigenvalue weighted by molar-refractivity contribution is 5.82. The summed E-state index contributed by atoms with van der Waals surface area (Å²) in [5, 5.41) is 0. The third kappa shape index (κ3) is 22.0. The van der Waals surface area contributed by atoms with E-state index in [0.717, 1.165) is 6.42 Å². The Morgan fingerprint density at radius 1 is 0.489 bits per heavy atom. The van der Waals surface area contributed by atoms with E-state index < -0.39 is 77.6 Å². The Morgan fingerprint density at radius 3 is 1.23 bits per heavy atom. The lowest BCUT2D eigenvalue weighted by Crippen LogP contribution is -2.30. The van der Waals surface area contributed by atoms with Crippen molar-refractivity contribution < 1.29 is 71.4 Å². The average Bonchev–Trinajstić information content (AvgIpc) is 3.07. The minimum Gasteiger partial charge on any atom is -0.469 e. The van der Waals surface area contributed by atoms with Gasteiger partial charge < -0.3 is 42.6 Å². The van der Waals surface area contributed by atoms with Crippen molar-refractivity contribution in [3.63, 3.8) is 0 Å². The summed E-state index contributed by atoms with van der Waals surface area (Å²) < 4.78 is 43.2. The second kappa shape index (κ2) is 28.9. The summed E-state index contributed by atoms with van der Waals surface area (Å²) in [6.45, 7) is 16.7. The Kier molecular flexibility index (Phi) is 29.6. The number of hydrogen-bond acceptors (Lipinski definition) is 15. The van der Waals surface area contributed by atoms with Crippen LogP contribution in [0.1, 0.15) is 68.7 Å². The summed E-state index contributed by atoms with van der Waals surface area (Å²) in [4.78, 5) is 67.9. The molecule has 0 amide bonds. The Labute approximate surface area is 279 Å². The summed E-state index contributed by atoms with van der Waals surface area (Å²) >= 11 is 0. The van der Waals surface area contributed by atoms with Crippen molar-refractivity contribution in [1.82, 2.24) is 0 Å². The Morgan fingerprint density at radius 2 is 0.872 bits per heavy atom. The first kappa shape index (κ1) is 48.1. The highest BCUT2D eigenvalue weighted by Crippen LogP contribution is 2.16. The van der Waals surface area contributed by atoms with Crippen LogP contribution in [0.15, 0.2) is 0 Å². The van der Waals surface area contributed by atoms with Crippen LogP contribution in [-0.4, -0.2) is 104 Å². The number of carbonyl (C=O) groups excluding carboxylic acids is 6. The van der Waals surface area contributed by atoms with Crippen LogP contribution in [0.2, 0.25) is 0 Å². The van der Waals surface area contributed by atoms with E-state index in [-0.39, 0.29) is 13.4 Å². The van der Waals surface area contributed by atoms with Crippen molar-refractivity contribution in [2.45, 2.75) is 75.0 Å². The van der Waals surface area contributed by atoms with E-state index >= 15 is 0 Å². The molecule has 0 saturated carbocycles. The van der Waals surface area contributed by atoms with Crippen molar-refractivity contribution >= 4 is 35.8 Å². The molecule has 0 aliphatic rings. The van der Waals surface area contributed by atoms with Gasteiger partial charge in [0.05, 0.1) is 70.1 Å². The molecular formula is C32H58O15. The molecule has 0 bridgehead atoms. The van der Waals surface area contributed by atoms with E-state index in [0.29, 0.717) is 19.8 Å². The van der Waals surface area contributed by atoms with Gasteiger partial charge in [-0.25, -0.2) is 0 Å². The van der Waals surface area contributed by atoms with Gasteiger partial charge >= 0.3 is 35.8 Å². The lowest BCUT2D eigenvalue weighted by Gasteiger charge is -2.19. The third-order valence-electron chi connectivity index (χ3n) is 6.94. The van der Waals surface area contributed by atoms with Gasteiger partial charge in [-0.2, -0.15) is 0 Å². The van der Waals surface area contributed by atoms with Gasteiger partial charge in [0.2, 0.25) is 0 Å². The van der Waals surface area contributed by atoms with E-state index in [1.807, 2.05) is 6.92 Å². The molecule has 47 heavy (non-hydrogen) atoms. The van der Waals surface area contributed by atoms with Gasteiger partial charge in [0.15, 0.2) is 13.1 Å². The fraction of sp³-hybridized carbons (Fsp3) is 0.812. The molecule has 7 unspecified atom stereocenters. The highest BCUT2D eigenvalue weighted by atomic mass is 16.7. The van der Waals surface area contributed by atoms with Gasteiger partial charge in [-0.05, 0) is 20.3 Å². The van der Waals surface area contributed by atoms with Crippen molar-refractivity contribution in [2.75, 3.05) is 61.7 Å². The molecule has 0 aromatic heterocycles. The quantitative estimate of drug-likeness (QED) is 0.0835. The van der Waals surface area contributed by atoms with Gasteiger partial charge in [0.25, 0.3) is 0 Å². The number of carbonyl (C=O) groups is 6. The molecule has 0 aromatic rings. The topological polar surface area (TPSA) is 185 Å². The van der Waals surface area contributed by atoms with Crippen LogP contribution in [0.3, 0.4) is 0 Å². The SMILES string of the molecule is CCCOC(C)OC(=O)C(C)C(C)C(=O)OC.CCOCOC(=O)C(C)C(C)C(=O)OC.COCCOC(=O)C(C)C(C)C(=O)OC. The predicted molar refractivity (Wildman–Crippen MR) is 168 cm³/mol. The first-order chi connectivity index (χ1) is 22.0. The predicted octanol–water partition coefficient (Wildman–Crippen LogP) is 3.34. The number of hydrogen-bond donors (Lipinski definition) is 0. The van der Waals surface area contributed by atoms with Gasteiger partial charge in [-0.15, -0.1) is 0 Å².